The first kappa shape index (κ1) is 19.3. The number of ether oxygens (including phenoxy) is 1. The molecule has 2 heterocycles. The zero-order valence-corrected chi connectivity index (χ0v) is 18.4. The van der Waals surface area contributed by atoms with Crippen LogP contribution in [0.15, 0.2) is 24.3 Å². The molecule has 2 aromatic rings. The molecule has 6 nitrogen and oxygen atoms in total. The molecule has 0 bridgehead atoms. The number of carbonyl (C=O) groups excluding carboxylic acids is 1. The number of benzene rings is 1. The molecule has 1 amide bonds. The van der Waals surface area contributed by atoms with Crippen LogP contribution in [0, 0.1) is 11.8 Å². The second-order valence-corrected chi connectivity index (χ2v) is 9.98. The molecule has 2 atom stereocenters. The average Bonchev–Trinajstić information content (AvgIpc) is 3.59. The van der Waals surface area contributed by atoms with Crippen LogP contribution in [0.2, 0.25) is 0 Å². The Labute approximate surface area is 184 Å². The van der Waals surface area contributed by atoms with E-state index in [9.17, 15) is 4.79 Å². The third-order valence-electron chi connectivity index (χ3n) is 8.21. The number of hydrogen-bond donors (Lipinski definition) is 0. The lowest BCUT2D eigenvalue weighted by atomic mass is 9.64. The van der Waals surface area contributed by atoms with Crippen molar-refractivity contribution in [2.45, 2.75) is 82.2 Å². The van der Waals surface area contributed by atoms with Gasteiger partial charge in [-0.05, 0) is 62.8 Å². The summed E-state index contributed by atoms with van der Waals surface area (Å²) >= 11 is 0. The summed E-state index contributed by atoms with van der Waals surface area (Å²) < 4.78 is 7.54. The summed E-state index contributed by atoms with van der Waals surface area (Å²) in [5, 5.41) is 5.13. The van der Waals surface area contributed by atoms with E-state index in [2.05, 4.69) is 9.58 Å². The smallest absolute Gasteiger partial charge is 0.232 e. The van der Waals surface area contributed by atoms with Crippen LogP contribution in [0.3, 0.4) is 0 Å². The van der Waals surface area contributed by atoms with E-state index in [1.54, 1.807) is 7.11 Å². The van der Waals surface area contributed by atoms with Gasteiger partial charge in [-0.25, -0.2) is 4.68 Å². The molecule has 164 valence electrons. The molecule has 6 heteroatoms. The molecule has 0 N–H and O–H groups in total. The normalized spacial score (nSPS) is 26.9. The highest BCUT2D eigenvalue weighted by Crippen LogP contribution is 2.53. The molecular weight excluding hydrogens is 388 g/mol. The van der Waals surface area contributed by atoms with Crippen molar-refractivity contribution in [1.29, 1.82) is 0 Å². The summed E-state index contributed by atoms with van der Waals surface area (Å²) in [5.41, 5.74) is 1.01. The van der Waals surface area contributed by atoms with Gasteiger partial charge in [0.15, 0.2) is 5.82 Å². The first-order valence-corrected chi connectivity index (χ1v) is 12.2. The standard InChI is InChI=1S/C25H32N4O2/c1-31-19-13-11-17(12-14-19)22-26-24-28(23(30)18-9-10-18)21-8-4-3-7-20(21)25(29(24)27-22)15-5-2-6-16-25/h11-14,18,20-21H,2-10,15-16H2,1H3. The maximum absolute atomic E-state index is 13.5. The fourth-order valence-corrected chi connectivity index (χ4v) is 6.51. The van der Waals surface area contributed by atoms with Crippen molar-refractivity contribution in [2.24, 2.45) is 11.8 Å². The van der Waals surface area contributed by atoms with Crippen LogP contribution in [0.4, 0.5) is 5.95 Å². The van der Waals surface area contributed by atoms with Crippen LogP contribution in [-0.2, 0) is 10.3 Å². The summed E-state index contributed by atoms with van der Waals surface area (Å²) in [7, 11) is 1.68. The minimum Gasteiger partial charge on any atom is -0.497 e. The molecule has 6 rings (SSSR count). The molecule has 3 saturated carbocycles. The Kier molecular flexibility index (Phi) is 4.58. The predicted octanol–water partition coefficient (Wildman–Crippen LogP) is 4.93. The van der Waals surface area contributed by atoms with E-state index >= 15 is 0 Å². The summed E-state index contributed by atoms with van der Waals surface area (Å²) in [5.74, 6) is 3.35. The minimum atomic E-state index is 0.0245. The summed E-state index contributed by atoms with van der Waals surface area (Å²) in [6, 6.07) is 8.25. The number of hydrogen-bond acceptors (Lipinski definition) is 4. The quantitative estimate of drug-likeness (QED) is 0.706. The number of methoxy groups -OCH3 is 1. The third-order valence-corrected chi connectivity index (χ3v) is 8.21. The van der Waals surface area contributed by atoms with Gasteiger partial charge in [-0.1, -0.05) is 32.1 Å². The fraction of sp³-hybridized carbons (Fsp3) is 0.640. The van der Waals surface area contributed by atoms with Crippen LogP contribution in [0.25, 0.3) is 11.4 Å². The highest BCUT2D eigenvalue weighted by molar-refractivity contribution is 5.96. The van der Waals surface area contributed by atoms with Gasteiger partial charge in [-0.2, -0.15) is 4.98 Å². The first-order valence-electron chi connectivity index (χ1n) is 12.2. The number of anilines is 1. The van der Waals surface area contributed by atoms with Crippen molar-refractivity contribution < 1.29 is 9.53 Å². The molecule has 0 saturated heterocycles. The Balaban J connectivity index is 1.50. The molecule has 1 aromatic carbocycles. The van der Waals surface area contributed by atoms with Crippen molar-refractivity contribution in [3.8, 4) is 17.1 Å². The SMILES string of the molecule is COc1ccc(-c2nc3n(n2)C2(CCCCC2)C2CCCCC2N3C(=O)C2CC2)cc1. The molecule has 1 aliphatic heterocycles. The summed E-state index contributed by atoms with van der Waals surface area (Å²) in [4.78, 5) is 20.7. The Morgan fingerprint density at radius 1 is 1.00 bits per heavy atom. The average molecular weight is 421 g/mol. The lowest BCUT2D eigenvalue weighted by Crippen LogP contribution is -2.61. The Hall–Kier alpha value is -2.37. The summed E-state index contributed by atoms with van der Waals surface area (Å²) in [6.45, 7) is 0. The zero-order valence-electron chi connectivity index (χ0n) is 18.4. The van der Waals surface area contributed by atoms with Gasteiger partial charge >= 0.3 is 0 Å². The first-order chi connectivity index (χ1) is 15.2. The van der Waals surface area contributed by atoms with Crippen molar-refractivity contribution >= 4 is 11.9 Å². The monoisotopic (exact) mass is 420 g/mol. The number of carbonyl (C=O) groups is 1. The van der Waals surface area contributed by atoms with Crippen LogP contribution < -0.4 is 9.64 Å². The van der Waals surface area contributed by atoms with Gasteiger partial charge in [0.05, 0.1) is 12.6 Å². The van der Waals surface area contributed by atoms with E-state index in [-0.39, 0.29) is 17.4 Å². The lowest BCUT2D eigenvalue weighted by Gasteiger charge is -2.55. The topological polar surface area (TPSA) is 60.2 Å². The van der Waals surface area contributed by atoms with E-state index in [1.807, 2.05) is 24.3 Å². The Morgan fingerprint density at radius 3 is 2.45 bits per heavy atom. The van der Waals surface area contributed by atoms with Crippen LogP contribution in [-0.4, -0.2) is 33.8 Å². The van der Waals surface area contributed by atoms with Gasteiger partial charge in [-0.15, -0.1) is 5.10 Å². The van der Waals surface area contributed by atoms with Crippen molar-refractivity contribution in [2.75, 3.05) is 12.0 Å². The largest absolute Gasteiger partial charge is 0.497 e. The summed E-state index contributed by atoms with van der Waals surface area (Å²) in [6.07, 6.45) is 13.0. The minimum absolute atomic E-state index is 0.0245. The second kappa shape index (κ2) is 7.35. The zero-order chi connectivity index (χ0) is 21.0. The van der Waals surface area contributed by atoms with Crippen molar-refractivity contribution in [3.63, 3.8) is 0 Å². The van der Waals surface area contributed by atoms with Crippen LogP contribution in [0.1, 0.15) is 70.6 Å². The van der Waals surface area contributed by atoms with E-state index in [0.29, 0.717) is 12.0 Å². The van der Waals surface area contributed by atoms with Gasteiger partial charge in [0, 0.05) is 23.4 Å². The third kappa shape index (κ3) is 3.01. The van der Waals surface area contributed by atoms with Gasteiger partial charge < -0.3 is 4.74 Å². The van der Waals surface area contributed by atoms with E-state index < -0.39 is 0 Å². The second-order valence-electron chi connectivity index (χ2n) is 9.98. The van der Waals surface area contributed by atoms with Crippen molar-refractivity contribution in [3.05, 3.63) is 24.3 Å². The van der Waals surface area contributed by atoms with E-state index in [0.717, 1.165) is 55.2 Å². The van der Waals surface area contributed by atoms with Crippen LogP contribution in [0.5, 0.6) is 5.75 Å². The maximum atomic E-state index is 13.5. The number of nitrogens with zero attached hydrogens (tertiary/aromatic N) is 4. The molecule has 3 aliphatic carbocycles. The fourth-order valence-electron chi connectivity index (χ4n) is 6.51. The Morgan fingerprint density at radius 2 is 1.74 bits per heavy atom. The van der Waals surface area contributed by atoms with Gasteiger partial charge in [-0.3, -0.25) is 9.69 Å². The highest BCUT2D eigenvalue weighted by atomic mass is 16.5. The molecule has 2 unspecified atom stereocenters. The molecule has 4 aliphatic rings. The van der Waals surface area contributed by atoms with Gasteiger partial charge in [0.25, 0.3) is 0 Å². The number of fused-ring (bicyclic) bond motifs is 4. The molecule has 31 heavy (non-hydrogen) atoms. The van der Waals surface area contributed by atoms with Crippen molar-refractivity contribution in [1.82, 2.24) is 14.8 Å². The van der Waals surface area contributed by atoms with Crippen LogP contribution >= 0.6 is 0 Å². The van der Waals surface area contributed by atoms with Gasteiger partial charge in [0.2, 0.25) is 11.9 Å². The molecule has 1 aromatic heterocycles. The molecule has 3 fully saturated rings. The highest BCUT2D eigenvalue weighted by Gasteiger charge is 2.56. The molecular formula is C25H32N4O2. The number of aromatic nitrogens is 3. The van der Waals surface area contributed by atoms with E-state index in [1.165, 1.54) is 38.5 Å². The Bertz CT molecular complexity index is 972. The predicted molar refractivity (Wildman–Crippen MR) is 119 cm³/mol. The maximum Gasteiger partial charge on any atom is 0.232 e. The molecule has 0 radical (unpaired) electrons. The number of rotatable bonds is 3. The lowest BCUT2D eigenvalue weighted by molar-refractivity contribution is -0.122. The number of amides is 1. The van der Waals surface area contributed by atoms with Gasteiger partial charge in [0.1, 0.15) is 5.75 Å². The van der Waals surface area contributed by atoms with E-state index in [4.69, 9.17) is 14.8 Å². The molecule has 1 spiro atoms.